The van der Waals surface area contributed by atoms with Crippen molar-refractivity contribution in [2.24, 2.45) is 5.92 Å². The van der Waals surface area contributed by atoms with E-state index in [4.69, 9.17) is 4.74 Å². The number of fused-ring (bicyclic) bond motifs is 1. The van der Waals surface area contributed by atoms with Crippen LogP contribution in [-0.4, -0.2) is 12.4 Å². The van der Waals surface area contributed by atoms with E-state index in [1.807, 2.05) is 25.1 Å². The van der Waals surface area contributed by atoms with E-state index in [1.165, 1.54) is 0 Å². The molecule has 0 radical (unpaired) electrons. The van der Waals surface area contributed by atoms with Crippen LogP contribution in [0.4, 0.5) is 0 Å². The molecule has 68 valence electrons. The molecule has 1 atom stereocenters. The van der Waals surface area contributed by atoms with Gasteiger partial charge in [0.05, 0.1) is 18.1 Å². The van der Waals surface area contributed by atoms with E-state index < -0.39 is 0 Å². The quantitative estimate of drug-likeness (QED) is 0.697. The molecule has 1 heterocycles. The van der Waals surface area contributed by atoms with Crippen LogP contribution in [0.25, 0.3) is 0 Å². The lowest BCUT2D eigenvalue weighted by Gasteiger charge is -2.21. The molecule has 1 aliphatic rings. The average molecular weight is 241 g/mol. The summed E-state index contributed by atoms with van der Waals surface area (Å²) in [6.45, 7) is 2.37. The van der Waals surface area contributed by atoms with Crippen molar-refractivity contribution in [1.29, 1.82) is 0 Å². The molecule has 0 saturated carbocycles. The predicted octanol–water partition coefficient (Wildman–Crippen LogP) is 2.66. The van der Waals surface area contributed by atoms with Gasteiger partial charge in [0.2, 0.25) is 0 Å². The third-order valence-electron chi connectivity index (χ3n) is 2.14. The molecule has 13 heavy (non-hydrogen) atoms. The summed E-state index contributed by atoms with van der Waals surface area (Å²) in [5.41, 5.74) is 0.688. The van der Waals surface area contributed by atoms with Gasteiger partial charge in [-0.05, 0) is 18.2 Å². The molecule has 1 aromatic rings. The van der Waals surface area contributed by atoms with E-state index in [9.17, 15) is 4.79 Å². The molecule has 0 spiro atoms. The molecule has 0 aromatic heterocycles. The first kappa shape index (κ1) is 8.75. The van der Waals surface area contributed by atoms with Crippen molar-refractivity contribution in [3.63, 3.8) is 0 Å². The van der Waals surface area contributed by atoms with Gasteiger partial charge in [-0.2, -0.15) is 0 Å². The minimum absolute atomic E-state index is 0.0261. The number of hydrogen-bond acceptors (Lipinski definition) is 2. The molecule has 2 rings (SSSR count). The first-order chi connectivity index (χ1) is 6.18. The molecule has 0 N–H and O–H groups in total. The molecule has 0 aliphatic carbocycles. The van der Waals surface area contributed by atoms with E-state index in [2.05, 4.69) is 15.9 Å². The number of carbonyl (C=O) groups excluding carboxylic acids is 1. The Labute approximate surface area is 85.0 Å². The van der Waals surface area contributed by atoms with Gasteiger partial charge in [0.15, 0.2) is 5.78 Å². The highest BCUT2D eigenvalue weighted by atomic mass is 79.9. The first-order valence-electron chi connectivity index (χ1n) is 4.15. The van der Waals surface area contributed by atoms with Crippen LogP contribution >= 0.6 is 15.9 Å². The minimum atomic E-state index is -0.0261. The molecule has 0 saturated heterocycles. The SMILES string of the molecule is CC1COc2ccc(Br)cc2C1=O. The van der Waals surface area contributed by atoms with Gasteiger partial charge in [0, 0.05) is 4.47 Å². The van der Waals surface area contributed by atoms with Crippen molar-refractivity contribution in [2.75, 3.05) is 6.61 Å². The standard InChI is InChI=1S/C10H9BrO2/c1-6-5-13-9-3-2-7(11)4-8(9)10(6)12/h2-4,6H,5H2,1H3. The molecular weight excluding hydrogens is 232 g/mol. The molecular formula is C10H9BrO2. The van der Waals surface area contributed by atoms with Crippen LogP contribution < -0.4 is 4.74 Å². The highest BCUT2D eigenvalue weighted by Crippen LogP contribution is 2.29. The van der Waals surface area contributed by atoms with Gasteiger partial charge in [0.25, 0.3) is 0 Å². The van der Waals surface area contributed by atoms with Gasteiger partial charge in [-0.25, -0.2) is 0 Å². The third kappa shape index (κ3) is 1.48. The van der Waals surface area contributed by atoms with Crippen LogP contribution in [-0.2, 0) is 0 Å². The summed E-state index contributed by atoms with van der Waals surface area (Å²) in [7, 11) is 0. The van der Waals surface area contributed by atoms with Gasteiger partial charge in [-0.15, -0.1) is 0 Å². The summed E-state index contributed by atoms with van der Waals surface area (Å²) in [6, 6.07) is 5.51. The maximum absolute atomic E-state index is 11.7. The van der Waals surface area contributed by atoms with Gasteiger partial charge in [-0.1, -0.05) is 22.9 Å². The van der Waals surface area contributed by atoms with Crippen LogP contribution in [0.2, 0.25) is 0 Å². The summed E-state index contributed by atoms with van der Waals surface area (Å²) in [5, 5.41) is 0. The van der Waals surface area contributed by atoms with E-state index in [-0.39, 0.29) is 11.7 Å². The topological polar surface area (TPSA) is 26.3 Å². The number of ketones is 1. The van der Waals surface area contributed by atoms with Gasteiger partial charge >= 0.3 is 0 Å². The zero-order valence-electron chi connectivity index (χ0n) is 7.21. The number of Topliss-reactive ketones (excluding diaryl/α,β-unsaturated/α-hetero) is 1. The van der Waals surface area contributed by atoms with E-state index in [0.717, 1.165) is 4.47 Å². The minimum Gasteiger partial charge on any atom is -0.492 e. The van der Waals surface area contributed by atoms with E-state index in [1.54, 1.807) is 0 Å². The number of hydrogen-bond donors (Lipinski definition) is 0. The Hall–Kier alpha value is -0.830. The molecule has 0 fully saturated rings. The highest BCUT2D eigenvalue weighted by molar-refractivity contribution is 9.10. The summed E-state index contributed by atoms with van der Waals surface area (Å²) < 4.78 is 6.33. The van der Waals surface area contributed by atoms with Gasteiger partial charge < -0.3 is 4.74 Å². The lowest BCUT2D eigenvalue weighted by Crippen LogP contribution is -2.25. The molecule has 1 aromatic carbocycles. The van der Waals surface area contributed by atoms with Crippen molar-refractivity contribution >= 4 is 21.7 Å². The lowest BCUT2D eigenvalue weighted by molar-refractivity contribution is 0.0848. The fourth-order valence-corrected chi connectivity index (χ4v) is 1.74. The van der Waals surface area contributed by atoms with Gasteiger partial charge in [-0.3, -0.25) is 4.79 Å². The largest absolute Gasteiger partial charge is 0.492 e. The predicted molar refractivity (Wildman–Crippen MR) is 53.1 cm³/mol. The first-order valence-corrected chi connectivity index (χ1v) is 4.94. The maximum atomic E-state index is 11.7. The summed E-state index contributed by atoms with van der Waals surface area (Å²) in [5.74, 6) is 0.843. The summed E-state index contributed by atoms with van der Waals surface area (Å²) >= 11 is 3.33. The van der Waals surface area contributed by atoms with Crippen LogP contribution in [0, 0.1) is 5.92 Å². The Morgan fingerprint density at radius 1 is 1.54 bits per heavy atom. The van der Waals surface area contributed by atoms with Crippen LogP contribution in [0.5, 0.6) is 5.75 Å². The molecule has 3 heteroatoms. The van der Waals surface area contributed by atoms with Crippen molar-refractivity contribution in [2.45, 2.75) is 6.92 Å². The second kappa shape index (κ2) is 3.14. The Morgan fingerprint density at radius 2 is 2.31 bits per heavy atom. The average Bonchev–Trinajstić information content (AvgIpc) is 2.12. The molecule has 1 unspecified atom stereocenters. The van der Waals surface area contributed by atoms with Crippen molar-refractivity contribution in [1.82, 2.24) is 0 Å². The zero-order valence-corrected chi connectivity index (χ0v) is 8.80. The fourth-order valence-electron chi connectivity index (χ4n) is 1.38. The Balaban J connectivity index is 2.51. The number of rotatable bonds is 0. The highest BCUT2D eigenvalue weighted by Gasteiger charge is 2.24. The smallest absolute Gasteiger partial charge is 0.172 e. The van der Waals surface area contributed by atoms with Crippen LogP contribution in [0.3, 0.4) is 0 Å². The second-order valence-electron chi connectivity index (χ2n) is 3.22. The van der Waals surface area contributed by atoms with Crippen molar-refractivity contribution in [3.8, 4) is 5.75 Å². The number of halogens is 1. The van der Waals surface area contributed by atoms with Crippen LogP contribution in [0.15, 0.2) is 22.7 Å². The normalized spacial score (nSPS) is 20.8. The van der Waals surface area contributed by atoms with E-state index in [0.29, 0.717) is 17.9 Å². The number of ether oxygens (including phenoxy) is 1. The molecule has 0 amide bonds. The summed E-state index contributed by atoms with van der Waals surface area (Å²) in [4.78, 5) is 11.7. The Kier molecular flexibility index (Phi) is 2.12. The monoisotopic (exact) mass is 240 g/mol. The van der Waals surface area contributed by atoms with Crippen LogP contribution in [0.1, 0.15) is 17.3 Å². The Morgan fingerprint density at radius 3 is 3.08 bits per heavy atom. The molecule has 0 bridgehead atoms. The summed E-state index contributed by atoms with van der Waals surface area (Å²) in [6.07, 6.45) is 0. The Bertz CT molecular complexity index is 360. The molecule has 2 nitrogen and oxygen atoms in total. The third-order valence-corrected chi connectivity index (χ3v) is 2.64. The number of benzene rings is 1. The van der Waals surface area contributed by atoms with E-state index >= 15 is 0 Å². The van der Waals surface area contributed by atoms with Crippen molar-refractivity contribution in [3.05, 3.63) is 28.2 Å². The maximum Gasteiger partial charge on any atom is 0.172 e. The van der Waals surface area contributed by atoms with Crippen molar-refractivity contribution < 1.29 is 9.53 Å². The molecule has 1 aliphatic heterocycles. The lowest BCUT2D eigenvalue weighted by atomic mass is 9.97. The second-order valence-corrected chi connectivity index (χ2v) is 4.13. The van der Waals surface area contributed by atoms with Gasteiger partial charge in [0.1, 0.15) is 5.75 Å². The fraction of sp³-hybridized carbons (Fsp3) is 0.300. The zero-order chi connectivity index (χ0) is 9.42. The number of carbonyl (C=O) groups is 1.